The van der Waals surface area contributed by atoms with Crippen molar-refractivity contribution in [3.8, 4) is 0 Å². The standard InChI is InChI=1S/C12H11ClN4O3S/c1-6(2)11-15-16-12(21-11)14-10(18)7-3-4-9(17(19)20)8(13)5-7/h3-6H,1-2H3,(H,14,16,18). The van der Waals surface area contributed by atoms with E-state index in [1.807, 2.05) is 13.8 Å². The smallest absolute Gasteiger partial charge is 0.287 e. The average molecular weight is 327 g/mol. The first-order valence-corrected chi connectivity index (χ1v) is 7.16. The van der Waals surface area contributed by atoms with Gasteiger partial charge in [0.1, 0.15) is 10.0 Å². The van der Waals surface area contributed by atoms with E-state index in [4.69, 9.17) is 11.6 Å². The van der Waals surface area contributed by atoms with E-state index < -0.39 is 10.8 Å². The zero-order valence-electron chi connectivity index (χ0n) is 11.2. The number of nitrogens with one attached hydrogen (secondary N) is 1. The first-order valence-electron chi connectivity index (χ1n) is 5.97. The molecule has 1 aromatic carbocycles. The molecule has 0 saturated carbocycles. The molecule has 0 bridgehead atoms. The number of halogens is 1. The number of carbonyl (C=O) groups excluding carboxylic acids is 1. The molecule has 0 aliphatic carbocycles. The molecular formula is C12H11ClN4O3S. The van der Waals surface area contributed by atoms with Gasteiger partial charge in [-0.05, 0) is 12.1 Å². The van der Waals surface area contributed by atoms with Crippen LogP contribution in [0, 0.1) is 10.1 Å². The Morgan fingerprint density at radius 3 is 2.67 bits per heavy atom. The fourth-order valence-corrected chi connectivity index (χ4v) is 2.47. The van der Waals surface area contributed by atoms with Crippen molar-refractivity contribution in [2.24, 2.45) is 0 Å². The van der Waals surface area contributed by atoms with Gasteiger partial charge in [0.15, 0.2) is 0 Å². The van der Waals surface area contributed by atoms with Gasteiger partial charge in [0, 0.05) is 17.5 Å². The number of nitro benzene ring substituents is 1. The van der Waals surface area contributed by atoms with Gasteiger partial charge in [-0.1, -0.05) is 36.8 Å². The summed E-state index contributed by atoms with van der Waals surface area (Å²) in [7, 11) is 0. The van der Waals surface area contributed by atoms with Gasteiger partial charge in [0.25, 0.3) is 11.6 Å². The van der Waals surface area contributed by atoms with Crippen molar-refractivity contribution in [3.63, 3.8) is 0 Å². The first kappa shape index (κ1) is 15.3. The minimum Gasteiger partial charge on any atom is -0.296 e. The van der Waals surface area contributed by atoms with E-state index in [1.165, 1.54) is 29.5 Å². The summed E-state index contributed by atoms with van der Waals surface area (Å²) >= 11 is 7.05. The Morgan fingerprint density at radius 2 is 2.14 bits per heavy atom. The van der Waals surface area contributed by atoms with Crippen molar-refractivity contribution in [1.29, 1.82) is 0 Å². The van der Waals surface area contributed by atoms with Crippen LogP contribution in [0.5, 0.6) is 0 Å². The lowest BCUT2D eigenvalue weighted by Gasteiger charge is -2.02. The van der Waals surface area contributed by atoms with Gasteiger partial charge in [-0.3, -0.25) is 20.2 Å². The molecule has 2 rings (SSSR count). The van der Waals surface area contributed by atoms with Crippen molar-refractivity contribution in [2.75, 3.05) is 5.32 Å². The second kappa shape index (κ2) is 6.15. The lowest BCUT2D eigenvalue weighted by atomic mass is 10.2. The third kappa shape index (κ3) is 3.53. The number of aromatic nitrogens is 2. The van der Waals surface area contributed by atoms with Crippen LogP contribution >= 0.6 is 22.9 Å². The monoisotopic (exact) mass is 326 g/mol. The molecule has 21 heavy (non-hydrogen) atoms. The number of hydrogen-bond donors (Lipinski definition) is 1. The van der Waals surface area contributed by atoms with Gasteiger partial charge in [-0.25, -0.2) is 0 Å². The van der Waals surface area contributed by atoms with Crippen LogP contribution in [0.2, 0.25) is 5.02 Å². The van der Waals surface area contributed by atoms with Crippen LogP contribution in [0.25, 0.3) is 0 Å². The largest absolute Gasteiger partial charge is 0.296 e. The van der Waals surface area contributed by atoms with Crippen LogP contribution in [-0.4, -0.2) is 21.0 Å². The summed E-state index contributed by atoms with van der Waals surface area (Å²) < 4.78 is 0. The Labute approximate surface area is 129 Å². The average Bonchev–Trinajstić information content (AvgIpc) is 2.86. The first-order chi connectivity index (χ1) is 9.88. The normalized spacial score (nSPS) is 10.7. The highest BCUT2D eigenvalue weighted by atomic mass is 35.5. The predicted octanol–water partition coefficient (Wildman–Crippen LogP) is 3.48. The lowest BCUT2D eigenvalue weighted by molar-refractivity contribution is -0.384. The Bertz CT molecular complexity index is 702. The quantitative estimate of drug-likeness (QED) is 0.685. The van der Waals surface area contributed by atoms with Gasteiger partial charge < -0.3 is 0 Å². The second-order valence-corrected chi connectivity index (χ2v) is 5.89. The Morgan fingerprint density at radius 1 is 1.43 bits per heavy atom. The molecule has 0 unspecified atom stereocenters. The Balaban J connectivity index is 2.16. The summed E-state index contributed by atoms with van der Waals surface area (Å²) in [6, 6.07) is 3.78. The molecule has 0 radical (unpaired) electrons. The number of benzene rings is 1. The summed E-state index contributed by atoms with van der Waals surface area (Å²) in [5, 5.41) is 22.2. The fourth-order valence-electron chi connectivity index (χ4n) is 1.48. The molecule has 0 aliphatic heterocycles. The molecule has 0 aliphatic rings. The third-order valence-corrected chi connectivity index (χ3v) is 4.00. The number of nitro groups is 1. The molecule has 0 spiro atoms. The van der Waals surface area contributed by atoms with Crippen LogP contribution in [0.15, 0.2) is 18.2 Å². The maximum atomic E-state index is 12.0. The maximum Gasteiger partial charge on any atom is 0.287 e. The van der Waals surface area contributed by atoms with Gasteiger partial charge in [-0.15, -0.1) is 10.2 Å². The van der Waals surface area contributed by atoms with E-state index in [-0.39, 0.29) is 22.2 Å². The zero-order chi connectivity index (χ0) is 15.6. The number of anilines is 1. The van der Waals surface area contributed by atoms with E-state index in [9.17, 15) is 14.9 Å². The van der Waals surface area contributed by atoms with Crippen LogP contribution in [0.1, 0.15) is 35.1 Å². The molecule has 1 amide bonds. The lowest BCUT2D eigenvalue weighted by Crippen LogP contribution is -2.11. The summed E-state index contributed by atoms with van der Waals surface area (Å²) in [6.45, 7) is 3.95. The number of amides is 1. The minimum absolute atomic E-state index is 0.0900. The van der Waals surface area contributed by atoms with Gasteiger partial charge in [0.2, 0.25) is 5.13 Å². The van der Waals surface area contributed by atoms with Crippen LogP contribution in [-0.2, 0) is 0 Å². The van der Waals surface area contributed by atoms with E-state index in [2.05, 4.69) is 15.5 Å². The third-order valence-electron chi connectivity index (χ3n) is 2.56. The highest BCUT2D eigenvalue weighted by Gasteiger charge is 2.16. The molecule has 110 valence electrons. The SMILES string of the molecule is CC(C)c1nnc(NC(=O)c2ccc([N+](=O)[O-])c(Cl)c2)s1. The number of rotatable bonds is 4. The van der Waals surface area contributed by atoms with Crippen molar-refractivity contribution in [1.82, 2.24) is 10.2 Å². The van der Waals surface area contributed by atoms with Crippen LogP contribution < -0.4 is 5.32 Å². The molecule has 1 N–H and O–H groups in total. The molecule has 1 aromatic heterocycles. The molecule has 7 nitrogen and oxygen atoms in total. The van der Waals surface area contributed by atoms with Crippen molar-refractivity contribution >= 4 is 39.7 Å². The maximum absolute atomic E-state index is 12.0. The summed E-state index contributed by atoms with van der Waals surface area (Å²) in [4.78, 5) is 22.1. The zero-order valence-corrected chi connectivity index (χ0v) is 12.7. The molecule has 0 atom stereocenters. The van der Waals surface area contributed by atoms with Crippen LogP contribution in [0.4, 0.5) is 10.8 Å². The number of carbonyl (C=O) groups is 1. The fraction of sp³-hybridized carbons (Fsp3) is 0.250. The minimum atomic E-state index is -0.607. The molecular weight excluding hydrogens is 316 g/mol. The van der Waals surface area contributed by atoms with E-state index >= 15 is 0 Å². The number of nitrogens with zero attached hydrogens (tertiary/aromatic N) is 3. The summed E-state index contributed by atoms with van der Waals surface area (Å²) in [5.41, 5.74) is -0.0295. The highest BCUT2D eigenvalue weighted by Crippen LogP contribution is 2.26. The molecule has 1 heterocycles. The molecule has 0 fully saturated rings. The van der Waals surface area contributed by atoms with E-state index in [1.54, 1.807) is 0 Å². The molecule has 0 saturated heterocycles. The van der Waals surface area contributed by atoms with Gasteiger partial charge in [-0.2, -0.15) is 0 Å². The Kier molecular flexibility index (Phi) is 4.49. The van der Waals surface area contributed by atoms with Gasteiger partial charge >= 0.3 is 0 Å². The van der Waals surface area contributed by atoms with E-state index in [0.717, 1.165) is 5.01 Å². The Hall–Kier alpha value is -2.06. The van der Waals surface area contributed by atoms with Crippen LogP contribution in [0.3, 0.4) is 0 Å². The summed E-state index contributed by atoms with van der Waals surface area (Å²) in [5.74, 6) is -0.222. The molecule has 2 aromatic rings. The highest BCUT2D eigenvalue weighted by molar-refractivity contribution is 7.15. The van der Waals surface area contributed by atoms with Crippen molar-refractivity contribution < 1.29 is 9.72 Å². The van der Waals surface area contributed by atoms with Crippen molar-refractivity contribution in [2.45, 2.75) is 19.8 Å². The molecule has 9 heteroatoms. The van der Waals surface area contributed by atoms with Gasteiger partial charge in [0.05, 0.1) is 4.92 Å². The number of hydrogen-bond acceptors (Lipinski definition) is 6. The van der Waals surface area contributed by atoms with E-state index in [0.29, 0.717) is 5.13 Å². The summed E-state index contributed by atoms with van der Waals surface area (Å²) in [6.07, 6.45) is 0. The second-order valence-electron chi connectivity index (χ2n) is 4.48. The topological polar surface area (TPSA) is 98.0 Å². The van der Waals surface area contributed by atoms with Crippen molar-refractivity contribution in [3.05, 3.63) is 43.9 Å². The predicted molar refractivity (Wildman–Crippen MR) is 80.1 cm³/mol.